The minimum atomic E-state index is 0.684. The van der Waals surface area contributed by atoms with Crippen molar-refractivity contribution in [1.29, 1.82) is 0 Å². The molecule has 1 aromatic rings. The van der Waals surface area contributed by atoms with Crippen LogP contribution in [0.4, 0.5) is 11.4 Å². The molecule has 1 aromatic carbocycles. The maximum Gasteiger partial charge on any atom is 0.0367 e. The summed E-state index contributed by atoms with van der Waals surface area (Å²) >= 11 is 0. The van der Waals surface area contributed by atoms with Crippen LogP contribution in [0, 0.1) is 0 Å². The predicted molar refractivity (Wildman–Crippen MR) is 84.3 cm³/mol. The minimum absolute atomic E-state index is 0.684. The lowest BCUT2D eigenvalue weighted by Gasteiger charge is -2.30. The van der Waals surface area contributed by atoms with E-state index in [-0.39, 0.29) is 0 Å². The highest BCUT2D eigenvalue weighted by molar-refractivity contribution is 5.55. The van der Waals surface area contributed by atoms with E-state index in [1.54, 1.807) is 0 Å². The molecule has 2 rings (SSSR count). The van der Waals surface area contributed by atoms with Crippen LogP contribution in [0.15, 0.2) is 24.3 Å². The Morgan fingerprint density at radius 2 is 1.95 bits per heavy atom. The summed E-state index contributed by atoms with van der Waals surface area (Å²) < 4.78 is 0. The van der Waals surface area contributed by atoms with Crippen molar-refractivity contribution in [1.82, 2.24) is 5.32 Å². The molecule has 3 nitrogen and oxygen atoms in total. The van der Waals surface area contributed by atoms with Crippen LogP contribution < -0.4 is 15.1 Å². The Balaban J connectivity index is 2.02. The Bertz CT molecular complexity index is 372. The number of hydrogen-bond acceptors (Lipinski definition) is 3. The van der Waals surface area contributed by atoms with E-state index in [0.717, 1.165) is 19.6 Å². The van der Waals surface area contributed by atoms with Crippen LogP contribution in [-0.2, 0) is 0 Å². The Kier molecular flexibility index (Phi) is 5.08. The molecule has 1 N–H and O–H groups in total. The van der Waals surface area contributed by atoms with Crippen molar-refractivity contribution in [3.05, 3.63) is 24.3 Å². The van der Waals surface area contributed by atoms with E-state index in [1.807, 2.05) is 0 Å². The zero-order valence-electron chi connectivity index (χ0n) is 12.5. The zero-order chi connectivity index (χ0) is 13.7. The lowest BCUT2D eigenvalue weighted by atomic mass is 10.1. The fourth-order valence-corrected chi connectivity index (χ4v) is 2.67. The maximum absolute atomic E-state index is 3.63. The van der Waals surface area contributed by atoms with Gasteiger partial charge in [-0.1, -0.05) is 6.92 Å². The summed E-state index contributed by atoms with van der Waals surface area (Å²) in [7, 11) is 4.17. The van der Waals surface area contributed by atoms with Gasteiger partial charge in [-0.15, -0.1) is 0 Å². The second kappa shape index (κ2) is 6.80. The van der Waals surface area contributed by atoms with Gasteiger partial charge in [0.1, 0.15) is 0 Å². The highest BCUT2D eigenvalue weighted by Gasteiger charge is 2.13. The van der Waals surface area contributed by atoms with Crippen LogP contribution >= 0.6 is 0 Å². The second-order valence-electron chi connectivity index (χ2n) is 5.60. The number of anilines is 2. The van der Waals surface area contributed by atoms with Gasteiger partial charge in [0.05, 0.1) is 0 Å². The summed E-state index contributed by atoms with van der Waals surface area (Å²) in [5, 5.41) is 3.63. The van der Waals surface area contributed by atoms with Gasteiger partial charge in [-0.2, -0.15) is 0 Å². The molecule has 0 amide bonds. The number of benzene rings is 1. The van der Waals surface area contributed by atoms with E-state index in [9.17, 15) is 0 Å². The monoisotopic (exact) mass is 261 g/mol. The van der Waals surface area contributed by atoms with Crippen molar-refractivity contribution in [2.75, 3.05) is 43.5 Å². The summed E-state index contributed by atoms with van der Waals surface area (Å²) in [5.41, 5.74) is 2.63. The third-order valence-corrected chi connectivity index (χ3v) is 4.01. The molecule has 1 heterocycles. The van der Waals surface area contributed by atoms with Crippen LogP contribution in [0.2, 0.25) is 0 Å². The molecule has 0 spiro atoms. The van der Waals surface area contributed by atoms with E-state index < -0.39 is 0 Å². The van der Waals surface area contributed by atoms with Gasteiger partial charge in [0.15, 0.2) is 0 Å². The fraction of sp³-hybridized carbons (Fsp3) is 0.625. The SMILES string of the molecule is CCC1CCN(c2ccc(N(C)C)cc2)CCCN1. The first-order chi connectivity index (χ1) is 9.20. The third kappa shape index (κ3) is 3.87. The Labute approximate surface area is 117 Å². The average Bonchev–Trinajstić information content (AvgIpc) is 2.39. The van der Waals surface area contributed by atoms with Crippen molar-refractivity contribution < 1.29 is 0 Å². The molecule has 1 fully saturated rings. The second-order valence-corrected chi connectivity index (χ2v) is 5.60. The van der Waals surface area contributed by atoms with E-state index in [0.29, 0.717) is 6.04 Å². The molecule has 1 saturated heterocycles. The molecule has 3 heteroatoms. The molecule has 1 unspecified atom stereocenters. The molecule has 0 radical (unpaired) electrons. The summed E-state index contributed by atoms with van der Waals surface area (Å²) in [5.74, 6) is 0. The largest absolute Gasteiger partial charge is 0.378 e. The smallest absolute Gasteiger partial charge is 0.0367 e. The standard InChI is InChI=1S/C16H27N3/c1-4-14-10-13-19(12-5-11-17-14)16-8-6-15(7-9-16)18(2)3/h6-9,14,17H,4-5,10-13H2,1-3H3. The molecule has 1 aliphatic rings. The lowest BCUT2D eigenvalue weighted by molar-refractivity contribution is 0.439. The van der Waals surface area contributed by atoms with Crippen molar-refractivity contribution in [2.45, 2.75) is 32.2 Å². The molecule has 1 atom stereocenters. The highest BCUT2D eigenvalue weighted by Crippen LogP contribution is 2.21. The molecular formula is C16H27N3. The Morgan fingerprint density at radius 3 is 2.58 bits per heavy atom. The van der Waals surface area contributed by atoms with Gasteiger partial charge in [0.2, 0.25) is 0 Å². The van der Waals surface area contributed by atoms with Crippen molar-refractivity contribution >= 4 is 11.4 Å². The van der Waals surface area contributed by atoms with Crippen molar-refractivity contribution in [3.63, 3.8) is 0 Å². The van der Waals surface area contributed by atoms with Gasteiger partial charge in [-0.25, -0.2) is 0 Å². The first kappa shape index (κ1) is 14.2. The number of rotatable bonds is 3. The van der Waals surface area contributed by atoms with Crippen LogP contribution in [0.1, 0.15) is 26.2 Å². The molecule has 0 aliphatic carbocycles. The van der Waals surface area contributed by atoms with Gasteiger partial charge in [0, 0.05) is 44.6 Å². The normalized spacial score (nSPS) is 20.8. The third-order valence-electron chi connectivity index (χ3n) is 4.01. The topological polar surface area (TPSA) is 18.5 Å². The van der Waals surface area contributed by atoms with Crippen LogP contribution in [0.25, 0.3) is 0 Å². The summed E-state index contributed by atoms with van der Waals surface area (Å²) in [4.78, 5) is 4.68. The Hall–Kier alpha value is -1.22. The highest BCUT2D eigenvalue weighted by atomic mass is 15.1. The summed E-state index contributed by atoms with van der Waals surface area (Å²) in [6.45, 7) is 5.73. The van der Waals surface area contributed by atoms with Crippen molar-refractivity contribution in [3.8, 4) is 0 Å². The molecule has 0 saturated carbocycles. The molecule has 19 heavy (non-hydrogen) atoms. The molecule has 106 valence electrons. The first-order valence-electron chi connectivity index (χ1n) is 7.46. The molecular weight excluding hydrogens is 234 g/mol. The van der Waals surface area contributed by atoms with E-state index in [2.05, 4.69) is 60.4 Å². The van der Waals surface area contributed by atoms with Gasteiger partial charge in [0.25, 0.3) is 0 Å². The predicted octanol–water partition coefficient (Wildman–Crippen LogP) is 2.72. The summed E-state index contributed by atoms with van der Waals surface area (Å²) in [6, 6.07) is 9.62. The summed E-state index contributed by atoms with van der Waals surface area (Å²) in [6.07, 6.45) is 3.70. The van der Waals surface area contributed by atoms with Gasteiger partial charge < -0.3 is 15.1 Å². The van der Waals surface area contributed by atoms with E-state index in [4.69, 9.17) is 0 Å². The van der Waals surface area contributed by atoms with E-state index >= 15 is 0 Å². The first-order valence-corrected chi connectivity index (χ1v) is 7.46. The quantitative estimate of drug-likeness (QED) is 0.902. The van der Waals surface area contributed by atoms with Gasteiger partial charge in [-0.05, 0) is 50.1 Å². The van der Waals surface area contributed by atoms with Crippen LogP contribution in [0.5, 0.6) is 0 Å². The van der Waals surface area contributed by atoms with Crippen LogP contribution in [-0.4, -0.2) is 39.8 Å². The lowest BCUT2D eigenvalue weighted by Crippen LogP contribution is -2.39. The Morgan fingerprint density at radius 1 is 1.21 bits per heavy atom. The zero-order valence-corrected chi connectivity index (χ0v) is 12.5. The minimum Gasteiger partial charge on any atom is -0.378 e. The average molecular weight is 261 g/mol. The molecule has 0 aromatic heterocycles. The van der Waals surface area contributed by atoms with Crippen LogP contribution in [0.3, 0.4) is 0 Å². The van der Waals surface area contributed by atoms with Gasteiger partial charge in [-0.3, -0.25) is 0 Å². The number of nitrogens with zero attached hydrogens (tertiary/aromatic N) is 2. The number of hydrogen-bond donors (Lipinski definition) is 1. The maximum atomic E-state index is 3.63. The number of nitrogens with one attached hydrogen (secondary N) is 1. The fourth-order valence-electron chi connectivity index (χ4n) is 2.67. The van der Waals surface area contributed by atoms with Crippen molar-refractivity contribution in [2.24, 2.45) is 0 Å². The van der Waals surface area contributed by atoms with Gasteiger partial charge >= 0.3 is 0 Å². The molecule has 1 aliphatic heterocycles. The van der Waals surface area contributed by atoms with E-state index in [1.165, 1.54) is 30.6 Å². The molecule has 0 bridgehead atoms.